The minimum absolute atomic E-state index is 0.0126. The van der Waals surface area contributed by atoms with Crippen molar-refractivity contribution in [2.45, 2.75) is 156 Å². The fourth-order valence-corrected chi connectivity index (χ4v) is 14.1. The van der Waals surface area contributed by atoms with Gasteiger partial charge in [0.15, 0.2) is 0 Å². The average molecular weight is 974 g/mol. The van der Waals surface area contributed by atoms with E-state index in [-0.39, 0.29) is 70.4 Å². The van der Waals surface area contributed by atoms with Crippen LogP contribution >= 0.6 is 18.9 Å². The Bertz CT molecular complexity index is 2580. The monoisotopic (exact) mass is 973 g/mol. The van der Waals surface area contributed by atoms with Crippen molar-refractivity contribution in [3.8, 4) is 5.75 Å². The molecule has 10 rings (SSSR count). The summed E-state index contributed by atoms with van der Waals surface area (Å²) in [5, 5.41) is 6.10. The van der Waals surface area contributed by atoms with Gasteiger partial charge in [0.2, 0.25) is 17.7 Å². The van der Waals surface area contributed by atoms with E-state index in [9.17, 15) is 32.5 Å². The van der Waals surface area contributed by atoms with Crippen LogP contribution in [0.1, 0.15) is 117 Å². The second kappa shape index (κ2) is 18.9. The maximum absolute atomic E-state index is 16.8. The van der Waals surface area contributed by atoms with Crippen molar-refractivity contribution in [3.05, 3.63) is 101 Å². The molecule has 6 fully saturated rings. The van der Waals surface area contributed by atoms with Gasteiger partial charge < -0.3 is 29.3 Å². The number of thiophene rings is 1. The Labute approximate surface area is 398 Å². The third-order valence-corrected chi connectivity index (χ3v) is 18.8. The molecular weight excluding hydrogens is 915 g/mol. The van der Waals surface area contributed by atoms with E-state index >= 15 is 4.39 Å². The van der Waals surface area contributed by atoms with Crippen LogP contribution < -0.4 is 14.9 Å². The molecule has 3 saturated carbocycles. The van der Waals surface area contributed by atoms with Gasteiger partial charge in [-0.05, 0) is 125 Å². The zero-order valence-electron chi connectivity index (χ0n) is 38.3. The molecule has 0 radical (unpaired) electrons. The largest absolute Gasteiger partial charge is 0.461 e. The second-order valence-electron chi connectivity index (χ2n) is 20.1. The van der Waals surface area contributed by atoms with Crippen LogP contribution in [0.5, 0.6) is 5.75 Å². The highest BCUT2D eigenvalue weighted by atomic mass is 32.1. The Hall–Kier alpha value is -4.76. The van der Waals surface area contributed by atoms with Gasteiger partial charge in [-0.2, -0.15) is 0 Å². The fourth-order valence-electron chi connectivity index (χ4n) is 11.3. The van der Waals surface area contributed by atoms with E-state index in [2.05, 4.69) is 32.3 Å². The number of para-hydroxylation sites is 1. The number of carbonyl (C=O) groups is 4. The lowest BCUT2D eigenvalue weighted by Crippen LogP contribution is -2.59. The van der Waals surface area contributed by atoms with E-state index in [1.54, 1.807) is 35.2 Å². The molecule has 0 bridgehead atoms. The summed E-state index contributed by atoms with van der Waals surface area (Å²) in [7, 11) is -2.55. The summed E-state index contributed by atoms with van der Waals surface area (Å²) in [5.41, 5.74) is 0.992. The van der Waals surface area contributed by atoms with Crippen molar-refractivity contribution in [3.63, 3.8) is 0 Å². The molecule has 68 heavy (non-hydrogen) atoms. The van der Waals surface area contributed by atoms with Crippen LogP contribution in [0.25, 0.3) is 10.1 Å². The highest BCUT2D eigenvalue weighted by molar-refractivity contribution is 7.57. The smallest absolute Gasteiger partial charge is 0.355 e. The maximum atomic E-state index is 16.8. The molecule has 4 aromatic rings. The van der Waals surface area contributed by atoms with E-state index in [1.807, 2.05) is 25.2 Å². The van der Waals surface area contributed by atoms with Crippen LogP contribution in [0.3, 0.4) is 0 Å². The number of esters is 1. The number of hydrogen-bond acceptors (Lipinski definition) is 9. The lowest BCUT2D eigenvalue weighted by atomic mass is 9.86. The number of likely N-dealkylation sites (tertiary alicyclic amines) is 1. The van der Waals surface area contributed by atoms with E-state index in [1.165, 1.54) is 36.8 Å². The van der Waals surface area contributed by atoms with Gasteiger partial charge in [-0.15, -0.1) is 11.3 Å². The first kappa shape index (κ1) is 46.9. The minimum Gasteiger partial charge on any atom is -0.461 e. The van der Waals surface area contributed by atoms with Gasteiger partial charge in [0.1, 0.15) is 42.3 Å². The molecule has 1 spiro atoms. The number of amides is 3. The Morgan fingerprint density at radius 3 is 2.28 bits per heavy atom. The summed E-state index contributed by atoms with van der Waals surface area (Å²) >= 11 is 1.16. The number of rotatable bonds is 14. The maximum Gasteiger partial charge on any atom is 0.355 e. The van der Waals surface area contributed by atoms with Crippen LogP contribution in [0.2, 0.25) is 0 Å². The van der Waals surface area contributed by atoms with Crippen LogP contribution in [-0.4, -0.2) is 112 Å². The van der Waals surface area contributed by atoms with Gasteiger partial charge >= 0.3 is 13.5 Å². The number of alkyl halides is 3. The Morgan fingerprint density at radius 1 is 0.882 bits per heavy atom. The summed E-state index contributed by atoms with van der Waals surface area (Å²) in [4.78, 5) is 63.3. The van der Waals surface area contributed by atoms with E-state index < -0.39 is 61.9 Å². The van der Waals surface area contributed by atoms with Crippen molar-refractivity contribution in [2.24, 2.45) is 0 Å². The van der Waals surface area contributed by atoms with Crippen molar-refractivity contribution < 1.29 is 46.2 Å². The van der Waals surface area contributed by atoms with E-state index in [4.69, 9.17) is 9.26 Å². The Kier molecular flexibility index (Phi) is 13.0. The Balaban J connectivity index is 0.880. The molecule has 1 unspecified atom stereocenters. The topological polar surface area (TPSA) is 138 Å². The van der Waals surface area contributed by atoms with Crippen molar-refractivity contribution in [2.75, 3.05) is 13.6 Å². The molecule has 8 atom stereocenters. The summed E-state index contributed by atoms with van der Waals surface area (Å²) in [6.45, 7) is 1.98. The zero-order chi connectivity index (χ0) is 47.5. The Morgan fingerprint density at radius 2 is 1.59 bits per heavy atom. The number of benzene rings is 3. The predicted octanol–water partition coefficient (Wildman–Crippen LogP) is 9.15. The lowest BCUT2D eigenvalue weighted by Gasteiger charge is -2.45. The number of ether oxygens (including phenoxy) is 1. The number of carbonyl (C=O) groups excluding carboxylic acids is 4. The van der Waals surface area contributed by atoms with Crippen molar-refractivity contribution >= 4 is 52.6 Å². The fraction of sp³-hybridized carbons (Fsp3) is 0.529. The first-order valence-electron chi connectivity index (χ1n) is 24.2. The van der Waals surface area contributed by atoms with E-state index in [0.29, 0.717) is 61.6 Å². The molecule has 1 aromatic heterocycles. The molecule has 2 N–H and O–H groups in total. The van der Waals surface area contributed by atoms with Gasteiger partial charge in [-0.25, -0.2) is 18.3 Å². The highest BCUT2D eigenvalue weighted by Crippen LogP contribution is 2.58. The van der Waals surface area contributed by atoms with Crippen molar-refractivity contribution in [1.29, 1.82) is 0 Å². The molecular formula is C51H59F3N5O7PS. The molecule has 6 aliphatic rings. The molecule has 17 heteroatoms. The van der Waals surface area contributed by atoms with Gasteiger partial charge in [-0.1, -0.05) is 54.6 Å². The molecule has 3 aliphatic carbocycles. The minimum atomic E-state index is -4.57. The standard InChI is InChI=1S/C51H59F3N5O7PS/c1-30(50(63)65-41-25-36(53)26-41)56-67(64,66-40-11-7-4-8-12-40)46(54)32-13-18-44-33(21-32)22-45(68-44)47(60)55-42-16-14-37(57(2)39-23-35(52)24-39)27-38-15-17-43(59(38)48(42)61)49(62)58-29-34(28-51(58)19-20-51)31-9-5-3-6-10-31/h3-13,18,21-22,30,34-39,41-43,46H,14-17,19-20,23-29H2,1-2H3,(H,55,60)(H,56,64)/t30-,34+,35?,36?,37-,38+,39?,41?,42-,43-,46+,67?/m0/s1. The molecule has 3 aromatic carbocycles. The summed E-state index contributed by atoms with van der Waals surface area (Å²) in [6.07, 6.45) is 4.11. The van der Waals surface area contributed by atoms with Crippen LogP contribution in [-0.2, 0) is 23.7 Å². The van der Waals surface area contributed by atoms with Gasteiger partial charge in [0.05, 0.1) is 4.88 Å². The summed E-state index contributed by atoms with van der Waals surface area (Å²) in [6, 6.07) is 21.5. The van der Waals surface area contributed by atoms with Gasteiger partial charge in [0.25, 0.3) is 5.91 Å². The highest BCUT2D eigenvalue weighted by Gasteiger charge is 2.59. The quantitative estimate of drug-likeness (QED) is 0.0937. The normalized spacial score (nSPS) is 30.3. The molecule has 3 amide bonds. The number of fused-ring (bicyclic) bond motifs is 2. The average Bonchev–Trinajstić information content (AvgIpc) is 3.59. The number of hydrogen-bond donors (Lipinski definition) is 2. The third kappa shape index (κ3) is 9.34. The van der Waals surface area contributed by atoms with Crippen molar-refractivity contribution in [1.82, 2.24) is 25.1 Å². The van der Waals surface area contributed by atoms with Gasteiger partial charge in [-0.3, -0.25) is 23.7 Å². The predicted molar refractivity (Wildman–Crippen MR) is 253 cm³/mol. The number of halogens is 3. The zero-order valence-corrected chi connectivity index (χ0v) is 40.0. The van der Waals surface area contributed by atoms with Crippen LogP contribution in [0.15, 0.2) is 84.9 Å². The summed E-state index contributed by atoms with van der Waals surface area (Å²) < 4.78 is 70.7. The summed E-state index contributed by atoms with van der Waals surface area (Å²) in [5.74, 6) is -3.55. The number of nitrogens with zero attached hydrogens (tertiary/aromatic N) is 3. The lowest BCUT2D eigenvalue weighted by molar-refractivity contribution is -0.157. The third-order valence-electron chi connectivity index (χ3n) is 15.5. The van der Waals surface area contributed by atoms with Crippen LogP contribution in [0, 0.1) is 0 Å². The molecule has 362 valence electrons. The molecule has 3 saturated heterocycles. The number of nitrogens with one attached hydrogen (secondary N) is 2. The second-order valence-corrected chi connectivity index (χ2v) is 23.3. The van der Waals surface area contributed by atoms with Crippen LogP contribution in [0.4, 0.5) is 13.2 Å². The van der Waals surface area contributed by atoms with Gasteiger partial charge in [0, 0.05) is 53.7 Å². The molecule has 4 heterocycles. The first-order valence-corrected chi connectivity index (χ1v) is 26.7. The SMILES string of the molecule is C[C@H](NP(=O)(Oc1ccccc1)[C@@H](F)c1ccc2sc(C(=O)N[C@H]3CC[C@H](N(C)C4CC(F)C4)C[C@H]4CC[C@@H](C(=O)N5C[C@H](c6ccccc6)CC56CC6)N4C3=O)cc2c1)C(=O)OC1CC(F)C1. The van der Waals surface area contributed by atoms with E-state index in [0.717, 1.165) is 30.6 Å². The molecule has 3 aliphatic heterocycles. The first-order chi connectivity index (χ1) is 32.7. The molecule has 12 nitrogen and oxygen atoms in total.